The van der Waals surface area contributed by atoms with E-state index in [1.807, 2.05) is 45.0 Å². The molecule has 0 aliphatic rings. The maximum Gasteiger partial charge on any atom is 0.416 e. The number of nitrogens with zero attached hydrogens (tertiary/aromatic N) is 2. The van der Waals surface area contributed by atoms with Gasteiger partial charge in [-0.2, -0.15) is 18.3 Å². The second kappa shape index (κ2) is 10.1. The number of carbonyl (C=O) groups is 1. The predicted octanol–water partition coefficient (Wildman–Crippen LogP) is 6.16. The summed E-state index contributed by atoms with van der Waals surface area (Å²) in [4.78, 5) is 16.8. The van der Waals surface area contributed by atoms with E-state index in [0.29, 0.717) is 29.4 Å². The van der Waals surface area contributed by atoms with Crippen LogP contribution in [0.2, 0.25) is 0 Å². The summed E-state index contributed by atoms with van der Waals surface area (Å²) in [7, 11) is 0. The Morgan fingerprint density at radius 1 is 0.914 bits per heavy atom. The van der Waals surface area contributed by atoms with E-state index in [4.69, 9.17) is 9.47 Å². The van der Waals surface area contributed by atoms with Crippen LogP contribution in [0.1, 0.15) is 58.0 Å². The van der Waals surface area contributed by atoms with Gasteiger partial charge in [-0.05, 0) is 77.3 Å². The topological polar surface area (TPSA) is 77.1 Å². The summed E-state index contributed by atoms with van der Waals surface area (Å²) in [5, 5.41) is 6.96. The van der Waals surface area contributed by atoms with Gasteiger partial charge in [0.05, 0.1) is 5.56 Å². The molecule has 2 aromatic carbocycles. The molecule has 0 aliphatic carbocycles. The van der Waals surface area contributed by atoms with Crippen molar-refractivity contribution in [3.63, 3.8) is 0 Å². The minimum absolute atomic E-state index is 0.364. The summed E-state index contributed by atoms with van der Waals surface area (Å²) in [6.45, 7) is 8.77. The number of benzene rings is 2. The largest absolute Gasteiger partial charge is 0.476 e. The standard InChI is InChI=1S/C26H30F3N3O3/c1-24(2,3)35-23(33)25(4,5)34-20-15-9-17(10-16-20)7-6-8-21-30-22(32-31-21)18-11-13-19(14-12-18)26(27,28)29/h9-16H,6-8H2,1-5H3,(H,30,31,32). The van der Waals surface area contributed by atoms with Crippen LogP contribution >= 0.6 is 0 Å². The van der Waals surface area contributed by atoms with Crippen LogP contribution in [0, 0.1) is 0 Å². The Labute approximate surface area is 202 Å². The van der Waals surface area contributed by atoms with E-state index in [2.05, 4.69) is 15.2 Å². The lowest BCUT2D eigenvalue weighted by Gasteiger charge is -2.29. The molecule has 0 unspecified atom stereocenters. The lowest BCUT2D eigenvalue weighted by Crippen LogP contribution is -2.43. The Morgan fingerprint density at radius 3 is 2.11 bits per heavy atom. The van der Waals surface area contributed by atoms with Crippen LogP contribution in [0.15, 0.2) is 48.5 Å². The minimum atomic E-state index is -4.37. The normalized spacial score (nSPS) is 12.5. The Kier molecular flexibility index (Phi) is 7.57. The molecule has 0 spiro atoms. The number of carbonyl (C=O) groups excluding carboxylic acids is 1. The molecular formula is C26H30F3N3O3. The van der Waals surface area contributed by atoms with E-state index >= 15 is 0 Å². The molecule has 3 rings (SSSR count). The second-order valence-corrected chi connectivity index (χ2v) is 9.79. The number of aryl methyl sites for hydroxylation is 2. The number of ether oxygens (including phenoxy) is 2. The van der Waals surface area contributed by atoms with Crippen LogP contribution < -0.4 is 4.74 Å². The average Bonchev–Trinajstić information content (AvgIpc) is 3.22. The number of esters is 1. The van der Waals surface area contributed by atoms with Crippen LogP contribution in [0.3, 0.4) is 0 Å². The Bertz CT molecular complexity index is 1130. The van der Waals surface area contributed by atoms with E-state index < -0.39 is 28.9 Å². The van der Waals surface area contributed by atoms with Crippen LogP contribution in [0.25, 0.3) is 11.4 Å². The fourth-order valence-corrected chi connectivity index (χ4v) is 3.27. The SMILES string of the molecule is CC(C)(C)OC(=O)C(C)(C)Oc1ccc(CCCc2nc(-c3ccc(C(F)(F)F)cc3)n[nH]2)cc1. The van der Waals surface area contributed by atoms with Gasteiger partial charge in [-0.1, -0.05) is 24.3 Å². The van der Waals surface area contributed by atoms with Crippen LogP contribution in [-0.4, -0.2) is 32.4 Å². The highest BCUT2D eigenvalue weighted by Crippen LogP contribution is 2.30. The van der Waals surface area contributed by atoms with E-state index in [0.717, 1.165) is 30.5 Å². The summed E-state index contributed by atoms with van der Waals surface area (Å²) in [6, 6.07) is 12.3. The highest BCUT2D eigenvalue weighted by Gasteiger charge is 2.34. The highest BCUT2D eigenvalue weighted by atomic mass is 19.4. The Hall–Kier alpha value is -3.36. The summed E-state index contributed by atoms with van der Waals surface area (Å²) in [5.74, 6) is 1.17. The number of rotatable bonds is 8. The minimum Gasteiger partial charge on any atom is -0.476 e. The lowest BCUT2D eigenvalue weighted by atomic mass is 10.1. The molecule has 1 aromatic heterocycles. The van der Waals surface area contributed by atoms with E-state index in [1.54, 1.807) is 13.8 Å². The first-order valence-electron chi connectivity index (χ1n) is 11.3. The molecule has 188 valence electrons. The van der Waals surface area contributed by atoms with Gasteiger partial charge in [0.2, 0.25) is 0 Å². The fraction of sp³-hybridized carbons (Fsp3) is 0.423. The second-order valence-electron chi connectivity index (χ2n) is 9.79. The average molecular weight is 490 g/mol. The molecule has 0 fully saturated rings. The monoisotopic (exact) mass is 489 g/mol. The number of alkyl halides is 3. The molecule has 0 saturated heterocycles. The van der Waals surface area contributed by atoms with Gasteiger partial charge in [0.25, 0.3) is 0 Å². The van der Waals surface area contributed by atoms with Gasteiger partial charge in [-0.25, -0.2) is 9.78 Å². The van der Waals surface area contributed by atoms with Gasteiger partial charge >= 0.3 is 12.1 Å². The molecule has 3 aromatic rings. The number of hydrogen-bond acceptors (Lipinski definition) is 5. The Morgan fingerprint density at radius 2 is 1.54 bits per heavy atom. The summed E-state index contributed by atoms with van der Waals surface area (Å²) in [6.07, 6.45) is -2.16. The molecule has 6 nitrogen and oxygen atoms in total. The fourth-order valence-electron chi connectivity index (χ4n) is 3.27. The van der Waals surface area contributed by atoms with Crippen molar-refractivity contribution in [2.24, 2.45) is 0 Å². The maximum atomic E-state index is 12.7. The molecule has 0 bridgehead atoms. The molecular weight excluding hydrogens is 459 g/mol. The predicted molar refractivity (Wildman–Crippen MR) is 126 cm³/mol. The van der Waals surface area contributed by atoms with Crippen LogP contribution in [0.5, 0.6) is 5.75 Å². The van der Waals surface area contributed by atoms with Crippen LogP contribution in [0.4, 0.5) is 13.2 Å². The van der Waals surface area contributed by atoms with E-state index in [9.17, 15) is 18.0 Å². The van der Waals surface area contributed by atoms with Gasteiger partial charge < -0.3 is 9.47 Å². The van der Waals surface area contributed by atoms with E-state index in [1.165, 1.54) is 12.1 Å². The van der Waals surface area contributed by atoms with Crippen molar-refractivity contribution in [1.29, 1.82) is 0 Å². The summed E-state index contributed by atoms with van der Waals surface area (Å²) in [5.41, 5.74) is -0.808. The summed E-state index contributed by atoms with van der Waals surface area (Å²) >= 11 is 0. The Balaban J connectivity index is 1.51. The van der Waals surface area contributed by atoms with Gasteiger partial charge in [0.15, 0.2) is 11.4 Å². The smallest absolute Gasteiger partial charge is 0.416 e. The molecule has 9 heteroatoms. The number of aromatic nitrogens is 3. The first-order chi connectivity index (χ1) is 16.2. The highest BCUT2D eigenvalue weighted by molar-refractivity contribution is 5.79. The quantitative estimate of drug-likeness (QED) is 0.383. The molecule has 35 heavy (non-hydrogen) atoms. The van der Waals surface area contributed by atoms with Crippen molar-refractivity contribution in [2.45, 2.75) is 71.3 Å². The molecule has 1 heterocycles. The van der Waals surface area contributed by atoms with Crippen molar-refractivity contribution in [1.82, 2.24) is 15.2 Å². The zero-order chi connectivity index (χ0) is 25.9. The van der Waals surface area contributed by atoms with Crippen molar-refractivity contribution in [2.75, 3.05) is 0 Å². The maximum absolute atomic E-state index is 12.7. The van der Waals surface area contributed by atoms with Crippen molar-refractivity contribution in [3.05, 3.63) is 65.5 Å². The third-order valence-corrected chi connectivity index (χ3v) is 5.07. The number of halogens is 3. The molecule has 0 amide bonds. The molecule has 0 saturated carbocycles. The number of hydrogen-bond donors (Lipinski definition) is 1. The van der Waals surface area contributed by atoms with Gasteiger partial charge in [-0.3, -0.25) is 5.10 Å². The zero-order valence-corrected chi connectivity index (χ0v) is 20.5. The van der Waals surface area contributed by atoms with Crippen LogP contribution in [-0.2, 0) is 28.5 Å². The first kappa shape index (κ1) is 26.2. The van der Waals surface area contributed by atoms with Gasteiger partial charge in [0, 0.05) is 12.0 Å². The summed E-state index contributed by atoms with van der Waals surface area (Å²) < 4.78 is 49.4. The van der Waals surface area contributed by atoms with Crippen molar-refractivity contribution < 1.29 is 27.4 Å². The molecule has 1 N–H and O–H groups in total. The number of H-pyrrole nitrogens is 1. The van der Waals surface area contributed by atoms with Gasteiger partial charge in [0.1, 0.15) is 17.2 Å². The zero-order valence-electron chi connectivity index (χ0n) is 20.5. The van der Waals surface area contributed by atoms with Crippen molar-refractivity contribution in [3.8, 4) is 17.1 Å². The van der Waals surface area contributed by atoms with Crippen molar-refractivity contribution >= 4 is 5.97 Å². The molecule has 0 radical (unpaired) electrons. The first-order valence-corrected chi connectivity index (χ1v) is 11.3. The van der Waals surface area contributed by atoms with Gasteiger partial charge in [-0.15, -0.1) is 0 Å². The number of nitrogens with one attached hydrogen (secondary N) is 1. The van der Waals surface area contributed by atoms with E-state index in [-0.39, 0.29) is 0 Å². The number of aromatic amines is 1. The third kappa shape index (κ3) is 7.56. The molecule has 0 aliphatic heterocycles. The third-order valence-electron chi connectivity index (χ3n) is 5.07. The lowest BCUT2D eigenvalue weighted by molar-refractivity contribution is -0.170. The molecule has 0 atom stereocenters.